The molecule has 0 aliphatic carbocycles. The first-order valence-corrected chi connectivity index (χ1v) is 7.45. The second kappa shape index (κ2) is 8.02. The van der Waals surface area contributed by atoms with Crippen LogP contribution < -0.4 is 10.2 Å². The molecule has 0 saturated carbocycles. The molecule has 0 atom stereocenters. The Morgan fingerprint density at radius 1 is 1.20 bits per heavy atom. The molecule has 0 fully saturated rings. The molecule has 0 saturated heterocycles. The Labute approximate surface area is 121 Å². The monoisotopic (exact) mass is 282 g/mol. The van der Waals surface area contributed by atoms with Gasteiger partial charge < -0.3 is 10.2 Å². The van der Waals surface area contributed by atoms with E-state index in [2.05, 4.69) is 49.9 Å². The van der Waals surface area contributed by atoms with Gasteiger partial charge in [-0.3, -0.25) is 0 Å². The van der Waals surface area contributed by atoms with Crippen LogP contribution >= 0.6 is 0 Å². The van der Waals surface area contributed by atoms with Crippen LogP contribution in [0.15, 0.2) is 6.20 Å². The molecule has 1 heterocycles. The summed E-state index contributed by atoms with van der Waals surface area (Å²) in [5.41, 5.74) is 0. The highest BCUT2D eigenvalue weighted by molar-refractivity contribution is 5.44. The number of halogens is 1. The molecule has 114 valence electrons. The van der Waals surface area contributed by atoms with E-state index < -0.39 is 0 Å². The van der Waals surface area contributed by atoms with Gasteiger partial charge >= 0.3 is 0 Å². The average molecular weight is 282 g/mol. The third kappa shape index (κ3) is 5.31. The standard InChI is InChI=1S/C15H27FN4/c1-6-7-17-15-18-8-13(16)14(19-15)20(9-11(2)3)10-12(4)5/h8,11-12H,6-7,9-10H2,1-5H3,(H,17,18,19). The maximum atomic E-state index is 14.0. The Morgan fingerprint density at radius 3 is 2.30 bits per heavy atom. The summed E-state index contributed by atoms with van der Waals surface area (Å²) in [4.78, 5) is 10.4. The molecule has 0 spiro atoms. The molecular formula is C15H27FN4. The molecule has 5 heteroatoms. The summed E-state index contributed by atoms with van der Waals surface area (Å²) >= 11 is 0. The predicted octanol–water partition coefficient (Wildman–Crippen LogP) is 3.56. The van der Waals surface area contributed by atoms with E-state index in [9.17, 15) is 4.39 Å². The summed E-state index contributed by atoms with van der Waals surface area (Å²) in [7, 11) is 0. The van der Waals surface area contributed by atoms with Crippen molar-refractivity contribution in [1.82, 2.24) is 9.97 Å². The summed E-state index contributed by atoms with van der Waals surface area (Å²) in [6, 6.07) is 0. The first-order chi connectivity index (χ1) is 9.43. The molecule has 1 aromatic rings. The van der Waals surface area contributed by atoms with Crippen LogP contribution in [0, 0.1) is 17.7 Å². The molecule has 0 aliphatic rings. The van der Waals surface area contributed by atoms with E-state index in [1.54, 1.807) is 0 Å². The molecule has 1 rings (SSSR count). The molecule has 0 amide bonds. The molecule has 1 N–H and O–H groups in total. The van der Waals surface area contributed by atoms with Crippen molar-refractivity contribution < 1.29 is 4.39 Å². The quantitative estimate of drug-likeness (QED) is 0.791. The normalized spacial score (nSPS) is 11.2. The zero-order valence-electron chi connectivity index (χ0n) is 13.3. The highest BCUT2D eigenvalue weighted by Gasteiger charge is 2.17. The molecular weight excluding hydrogens is 255 g/mol. The minimum absolute atomic E-state index is 0.353. The van der Waals surface area contributed by atoms with Crippen molar-refractivity contribution in [3.05, 3.63) is 12.0 Å². The first-order valence-electron chi connectivity index (χ1n) is 7.45. The van der Waals surface area contributed by atoms with Gasteiger partial charge in [-0.25, -0.2) is 9.37 Å². The van der Waals surface area contributed by atoms with Gasteiger partial charge in [-0.15, -0.1) is 0 Å². The van der Waals surface area contributed by atoms with Crippen molar-refractivity contribution in [3.8, 4) is 0 Å². The number of nitrogens with zero attached hydrogens (tertiary/aromatic N) is 3. The Hall–Kier alpha value is -1.39. The molecule has 0 unspecified atom stereocenters. The van der Waals surface area contributed by atoms with Gasteiger partial charge in [0.05, 0.1) is 6.20 Å². The number of hydrogen-bond donors (Lipinski definition) is 1. The lowest BCUT2D eigenvalue weighted by molar-refractivity contribution is 0.529. The second-order valence-electron chi connectivity index (χ2n) is 5.98. The minimum atomic E-state index is -0.353. The number of rotatable bonds is 8. The largest absolute Gasteiger partial charge is 0.354 e. The highest BCUT2D eigenvalue weighted by Crippen LogP contribution is 2.20. The van der Waals surface area contributed by atoms with Crippen LogP contribution in [0.1, 0.15) is 41.0 Å². The van der Waals surface area contributed by atoms with E-state index >= 15 is 0 Å². The number of nitrogens with one attached hydrogen (secondary N) is 1. The van der Waals surface area contributed by atoms with Gasteiger partial charge in [0, 0.05) is 19.6 Å². The van der Waals surface area contributed by atoms with Gasteiger partial charge in [0.15, 0.2) is 11.6 Å². The van der Waals surface area contributed by atoms with Gasteiger partial charge in [-0.2, -0.15) is 4.98 Å². The van der Waals surface area contributed by atoms with E-state index in [-0.39, 0.29) is 5.82 Å². The summed E-state index contributed by atoms with van der Waals surface area (Å²) in [6.45, 7) is 13.0. The van der Waals surface area contributed by atoms with Crippen LogP contribution in [0.5, 0.6) is 0 Å². The third-order valence-electron chi connectivity index (χ3n) is 2.73. The van der Waals surface area contributed by atoms with Crippen molar-refractivity contribution in [2.24, 2.45) is 11.8 Å². The number of hydrogen-bond acceptors (Lipinski definition) is 4. The Bertz CT molecular complexity index is 397. The van der Waals surface area contributed by atoms with E-state index in [0.717, 1.165) is 26.1 Å². The van der Waals surface area contributed by atoms with E-state index in [4.69, 9.17) is 0 Å². The molecule has 1 aromatic heterocycles. The fourth-order valence-corrected chi connectivity index (χ4v) is 2.03. The van der Waals surface area contributed by atoms with Crippen LogP contribution in [0.2, 0.25) is 0 Å². The van der Waals surface area contributed by atoms with E-state index in [1.165, 1.54) is 6.20 Å². The smallest absolute Gasteiger partial charge is 0.224 e. The van der Waals surface area contributed by atoms with Gasteiger partial charge in [0.25, 0.3) is 0 Å². The van der Waals surface area contributed by atoms with Crippen LogP contribution in [0.3, 0.4) is 0 Å². The van der Waals surface area contributed by atoms with Gasteiger partial charge in [0.2, 0.25) is 5.95 Å². The van der Waals surface area contributed by atoms with Gasteiger partial charge in [0.1, 0.15) is 0 Å². The van der Waals surface area contributed by atoms with Crippen molar-refractivity contribution >= 4 is 11.8 Å². The lowest BCUT2D eigenvalue weighted by atomic mass is 10.1. The van der Waals surface area contributed by atoms with Crippen molar-refractivity contribution in [3.63, 3.8) is 0 Å². The van der Waals surface area contributed by atoms with Gasteiger partial charge in [-0.05, 0) is 18.3 Å². The van der Waals surface area contributed by atoms with Crippen molar-refractivity contribution in [2.45, 2.75) is 41.0 Å². The second-order valence-corrected chi connectivity index (χ2v) is 5.98. The SMILES string of the molecule is CCCNc1ncc(F)c(N(CC(C)C)CC(C)C)n1. The lowest BCUT2D eigenvalue weighted by Gasteiger charge is -2.27. The number of anilines is 2. The first kappa shape index (κ1) is 16.7. The Balaban J connectivity index is 2.97. The molecule has 0 bridgehead atoms. The topological polar surface area (TPSA) is 41.1 Å². The molecule has 20 heavy (non-hydrogen) atoms. The maximum absolute atomic E-state index is 14.0. The lowest BCUT2D eigenvalue weighted by Crippen LogP contribution is -2.33. The average Bonchev–Trinajstić information content (AvgIpc) is 2.36. The van der Waals surface area contributed by atoms with E-state index in [0.29, 0.717) is 23.6 Å². The predicted molar refractivity (Wildman–Crippen MR) is 82.7 cm³/mol. The third-order valence-corrected chi connectivity index (χ3v) is 2.73. The highest BCUT2D eigenvalue weighted by atomic mass is 19.1. The molecule has 0 aliphatic heterocycles. The van der Waals surface area contributed by atoms with Crippen LogP contribution in [0.25, 0.3) is 0 Å². The zero-order valence-corrected chi connectivity index (χ0v) is 13.3. The fraction of sp³-hybridized carbons (Fsp3) is 0.733. The number of aromatic nitrogens is 2. The zero-order chi connectivity index (χ0) is 15.1. The van der Waals surface area contributed by atoms with Crippen molar-refractivity contribution in [1.29, 1.82) is 0 Å². The summed E-state index contributed by atoms with van der Waals surface area (Å²) in [5, 5.41) is 3.11. The van der Waals surface area contributed by atoms with Gasteiger partial charge in [-0.1, -0.05) is 34.6 Å². The Morgan fingerprint density at radius 2 is 1.80 bits per heavy atom. The van der Waals surface area contributed by atoms with Crippen LogP contribution in [-0.4, -0.2) is 29.6 Å². The molecule has 0 radical (unpaired) electrons. The molecule has 0 aromatic carbocycles. The van der Waals surface area contributed by atoms with Crippen molar-refractivity contribution in [2.75, 3.05) is 29.9 Å². The fourth-order valence-electron chi connectivity index (χ4n) is 2.03. The van der Waals surface area contributed by atoms with Crippen LogP contribution in [-0.2, 0) is 0 Å². The maximum Gasteiger partial charge on any atom is 0.224 e. The summed E-state index contributed by atoms with van der Waals surface area (Å²) in [6.07, 6.45) is 2.24. The van der Waals surface area contributed by atoms with E-state index in [1.807, 2.05) is 4.90 Å². The summed E-state index contributed by atoms with van der Waals surface area (Å²) < 4.78 is 14.0. The minimum Gasteiger partial charge on any atom is -0.354 e. The van der Waals surface area contributed by atoms with Crippen LogP contribution in [0.4, 0.5) is 16.2 Å². The summed E-state index contributed by atoms with van der Waals surface area (Å²) in [5.74, 6) is 1.46. The Kier molecular flexibility index (Phi) is 6.68. The molecule has 4 nitrogen and oxygen atoms in total.